The van der Waals surface area contributed by atoms with Crippen LogP contribution in [0.2, 0.25) is 20.1 Å². The Balaban J connectivity index is 1.94. The van der Waals surface area contributed by atoms with Crippen molar-refractivity contribution in [3.8, 4) is 0 Å². The minimum Gasteiger partial charge on any atom is -0.326 e. The number of nitrogens with one attached hydrogen (secondary N) is 2. The van der Waals surface area contributed by atoms with Gasteiger partial charge in [-0.3, -0.25) is 9.59 Å². The molecule has 2 N–H and O–H groups in total. The van der Waals surface area contributed by atoms with Gasteiger partial charge in [0.25, 0.3) is 0 Å². The molecule has 0 aromatic heterocycles. The zero-order valence-corrected chi connectivity index (χ0v) is 14.5. The van der Waals surface area contributed by atoms with Gasteiger partial charge in [-0.2, -0.15) is 0 Å². The first-order valence-corrected chi connectivity index (χ1v) is 7.85. The van der Waals surface area contributed by atoms with Gasteiger partial charge in [-0.15, -0.1) is 0 Å². The molecule has 23 heavy (non-hydrogen) atoms. The average molecular weight is 392 g/mol. The fraction of sp³-hybridized carbons (Fsp3) is 0.0667. The van der Waals surface area contributed by atoms with Gasteiger partial charge in [0.15, 0.2) is 0 Å². The van der Waals surface area contributed by atoms with Crippen molar-refractivity contribution in [3.63, 3.8) is 0 Å². The van der Waals surface area contributed by atoms with E-state index in [1.807, 2.05) is 0 Å². The SMILES string of the molecule is O=C(CC(=O)Nc1ccc(Cl)c(Cl)c1)Nc1cc(Cl)cc(Cl)c1. The van der Waals surface area contributed by atoms with Crippen molar-refractivity contribution in [2.24, 2.45) is 0 Å². The Labute approximate surface area is 152 Å². The Kier molecular flexibility index (Phi) is 6.13. The largest absolute Gasteiger partial charge is 0.326 e. The molecule has 0 bridgehead atoms. The van der Waals surface area contributed by atoms with Gasteiger partial charge >= 0.3 is 0 Å². The molecule has 2 aromatic rings. The van der Waals surface area contributed by atoms with E-state index in [1.54, 1.807) is 12.1 Å². The molecule has 0 aliphatic carbocycles. The first-order chi connectivity index (χ1) is 10.8. The van der Waals surface area contributed by atoms with Gasteiger partial charge in [-0.25, -0.2) is 0 Å². The van der Waals surface area contributed by atoms with Crippen molar-refractivity contribution in [1.82, 2.24) is 0 Å². The molecule has 0 saturated carbocycles. The Bertz CT molecular complexity index is 745. The lowest BCUT2D eigenvalue weighted by Gasteiger charge is -2.08. The highest BCUT2D eigenvalue weighted by Crippen LogP contribution is 2.25. The number of carbonyl (C=O) groups excluding carboxylic acids is 2. The average Bonchev–Trinajstić information content (AvgIpc) is 2.41. The quantitative estimate of drug-likeness (QED) is 0.697. The van der Waals surface area contributed by atoms with Crippen LogP contribution in [0, 0.1) is 0 Å². The maximum absolute atomic E-state index is 11.9. The Morgan fingerprint density at radius 2 is 1.30 bits per heavy atom. The highest BCUT2D eigenvalue weighted by molar-refractivity contribution is 6.42. The Morgan fingerprint density at radius 3 is 1.87 bits per heavy atom. The van der Waals surface area contributed by atoms with E-state index in [1.165, 1.54) is 24.3 Å². The highest BCUT2D eigenvalue weighted by Gasteiger charge is 2.11. The second kappa shape index (κ2) is 7.88. The summed E-state index contributed by atoms with van der Waals surface area (Å²) in [5.41, 5.74) is 0.859. The van der Waals surface area contributed by atoms with E-state index in [2.05, 4.69) is 10.6 Å². The molecule has 0 radical (unpaired) electrons. The van der Waals surface area contributed by atoms with E-state index in [0.717, 1.165) is 0 Å². The van der Waals surface area contributed by atoms with Gasteiger partial charge in [0.05, 0.1) is 10.0 Å². The summed E-state index contributed by atoms with van der Waals surface area (Å²) in [5, 5.41) is 6.55. The molecule has 8 heteroatoms. The van der Waals surface area contributed by atoms with E-state index < -0.39 is 11.8 Å². The van der Waals surface area contributed by atoms with Crippen LogP contribution in [0.1, 0.15) is 6.42 Å². The Morgan fingerprint density at radius 1 is 0.739 bits per heavy atom. The molecule has 0 spiro atoms. The first kappa shape index (κ1) is 17.9. The molecule has 0 unspecified atom stereocenters. The fourth-order valence-electron chi connectivity index (χ4n) is 1.76. The summed E-state index contributed by atoms with van der Waals surface area (Å²) in [4.78, 5) is 23.7. The molecule has 0 heterocycles. The van der Waals surface area contributed by atoms with Crippen LogP contribution < -0.4 is 10.6 Å². The molecule has 2 aromatic carbocycles. The van der Waals surface area contributed by atoms with Crippen molar-refractivity contribution in [1.29, 1.82) is 0 Å². The number of hydrogen-bond donors (Lipinski definition) is 2. The van der Waals surface area contributed by atoms with Crippen LogP contribution in [-0.4, -0.2) is 11.8 Å². The van der Waals surface area contributed by atoms with E-state index >= 15 is 0 Å². The van der Waals surface area contributed by atoms with Gasteiger partial charge in [-0.1, -0.05) is 46.4 Å². The lowest BCUT2D eigenvalue weighted by atomic mass is 10.2. The van der Waals surface area contributed by atoms with Crippen LogP contribution in [0.4, 0.5) is 11.4 Å². The van der Waals surface area contributed by atoms with Crippen LogP contribution in [0.5, 0.6) is 0 Å². The highest BCUT2D eigenvalue weighted by atomic mass is 35.5. The molecule has 2 rings (SSSR count). The van der Waals surface area contributed by atoms with Crippen molar-refractivity contribution in [3.05, 3.63) is 56.5 Å². The Hall–Kier alpha value is -1.46. The van der Waals surface area contributed by atoms with Crippen LogP contribution in [0.25, 0.3) is 0 Å². The third kappa shape index (κ3) is 5.59. The van der Waals surface area contributed by atoms with E-state index in [9.17, 15) is 9.59 Å². The van der Waals surface area contributed by atoms with E-state index in [4.69, 9.17) is 46.4 Å². The second-order valence-electron chi connectivity index (χ2n) is 4.56. The van der Waals surface area contributed by atoms with Crippen molar-refractivity contribution in [2.45, 2.75) is 6.42 Å². The predicted molar refractivity (Wildman–Crippen MR) is 94.8 cm³/mol. The van der Waals surface area contributed by atoms with E-state index in [-0.39, 0.29) is 6.42 Å². The third-order valence-electron chi connectivity index (χ3n) is 2.67. The van der Waals surface area contributed by atoms with Crippen LogP contribution in [0.15, 0.2) is 36.4 Å². The molecular weight excluding hydrogens is 382 g/mol. The number of anilines is 2. The van der Waals surface area contributed by atoms with Crippen LogP contribution >= 0.6 is 46.4 Å². The summed E-state index contributed by atoms with van der Waals surface area (Å²) in [5.74, 6) is -0.991. The molecule has 4 nitrogen and oxygen atoms in total. The van der Waals surface area contributed by atoms with Crippen molar-refractivity contribution >= 4 is 69.6 Å². The van der Waals surface area contributed by atoms with Crippen LogP contribution in [-0.2, 0) is 9.59 Å². The molecule has 0 aliphatic heterocycles. The third-order valence-corrected chi connectivity index (χ3v) is 3.85. The smallest absolute Gasteiger partial charge is 0.233 e. The fourth-order valence-corrected chi connectivity index (χ4v) is 2.58. The normalized spacial score (nSPS) is 10.3. The molecular formula is C15H10Cl4N2O2. The predicted octanol–water partition coefficient (Wildman–Crippen LogP) is 5.27. The number of rotatable bonds is 4. The minimum absolute atomic E-state index is 0.308. The molecule has 0 aliphatic rings. The summed E-state index contributed by atoms with van der Waals surface area (Å²) in [6, 6.07) is 9.23. The first-order valence-electron chi connectivity index (χ1n) is 6.34. The zero-order chi connectivity index (χ0) is 17.0. The van der Waals surface area contributed by atoms with Crippen LogP contribution in [0.3, 0.4) is 0 Å². The monoisotopic (exact) mass is 390 g/mol. The topological polar surface area (TPSA) is 58.2 Å². The second-order valence-corrected chi connectivity index (χ2v) is 6.25. The van der Waals surface area contributed by atoms with Gasteiger partial charge in [0.1, 0.15) is 6.42 Å². The standard InChI is InChI=1S/C15H10Cl4N2O2/c16-8-3-9(17)5-11(4-8)21-15(23)7-14(22)20-10-1-2-12(18)13(19)6-10/h1-6H,7H2,(H,20,22)(H,21,23). The zero-order valence-electron chi connectivity index (χ0n) is 11.5. The summed E-state index contributed by atoms with van der Waals surface area (Å²) in [6.07, 6.45) is -0.371. The van der Waals surface area contributed by atoms with E-state index in [0.29, 0.717) is 31.5 Å². The summed E-state index contributed by atoms with van der Waals surface area (Å²) >= 11 is 23.3. The number of benzene rings is 2. The molecule has 120 valence electrons. The summed E-state index contributed by atoms with van der Waals surface area (Å²) < 4.78 is 0. The van der Waals surface area contributed by atoms with Gasteiger partial charge < -0.3 is 10.6 Å². The summed E-state index contributed by atoms with van der Waals surface area (Å²) in [7, 11) is 0. The number of amides is 2. The van der Waals surface area contributed by atoms with Gasteiger partial charge in [0, 0.05) is 21.4 Å². The van der Waals surface area contributed by atoms with Gasteiger partial charge in [0.2, 0.25) is 11.8 Å². The maximum atomic E-state index is 11.9. The van der Waals surface area contributed by atoms with Crippen molar-refractivity contribution < 1.29 is 9.59 Å². The lowest BCUT2D eigenvalue weighted by molar-refractivity contribution is -0.123. The number of hydrogen-bond acceptors (Lipinski definition) is 2. The molecule has 0 saturated heterocycles. The molecule has 0 fully saturated rings. The lowest BCUT2D eigenvalue weighted by Crippen LogP contribution is -2.21. The van der Waals surface area contributed by atoms with Gasteiger partial charge in [-0.05, 0) is 36.4 Å². The maximum Gasteiger partial charge on any atom is 0.233 e. The number of carbonyl (C=O) groups is 2. The van der Waals surface area contributed by atoms with Crippen molar-refractivity contribution in [2.75, 3.05) is 10.6 Å². The minimum atomic E-state index is -0.499. The summed E-state index contributed by atoms with van der Waals surface area (Å²) in [6.45, 7) is 0. The number of halogens is 4. The molecule has 0 atom stereocenters. The molecule has 2 amide bonds.